The number of carbonyl (C=O) groups excluding carboxylic acids is 2. The van der Waals surface area contributed by atoms with Gasteiger partial charge in [-0.25, -0.2) is 0 Å². The first kappa shape index (κ1) is 18.6. The fourth-order valence-electron chi connectivity index (χ4n) is 4.40. The number of amides is 2. The van der Waals surface area contributed by atoms with Crippen molar-refractivity contribution in [3.05, 3.63) is 15.9 Å². The second-order valence-corrected chi connectivity index (χ2v) is 9.01. The molecule has 138 valence electrons. The van der Waals surface area contributed by atoms with E-state index in [4.69, 9.17) is 0 Å². The molecule has 0 aromatic carbocycles. The summed E-state index contributed by atoms with van der Waals surface area (Å²) in [5.74, 6) is -0.436. The van der Waals surface area contributed by atoms with Gasteiger partial charge in [0, 0.05) is 11.6 Å². The Balaban J connectivity index is 1.78. The fraction of sp³-hybridized carbons (Fsp3) is 0.722. The maximum absolute atomic E-state index is 13.0. The fourth-order valence-corrected chi connectivity index (χ4v) is 4.68. The summed E-state index contributed by atoms with van der Waals surface area (Å²) in [6, 6.07) is 0. The van der Waals surface area contributed by atoms with Gasteiger partial charge in [-0.3, -0.25) is 19.2 Å². The number of rotatable bonds is 4. The second-order valence-electron chi connectivity index (χ2n) is 8.22. The molecular weight excluding hydrogens is 386 g/mol. The molecule has 25 heavy (non-hydrogen) atoms. The molecule has 1 aliphatic heterocycles. The van der Waals surface area contributed by atoms with Crippen LogP contribution in [0, 0.1) is 30.6 Å². The van der Waals surface area contributed by atoms with E-state index in [1.165, 1.54) is 4.90 Å². The minimum absolute atomic E-state index is 0.0236. The number of aryl methyl sites for hydroxylation is 1. The highest BCUT2D eigenvalue weighted by molar-refractivity contribution is 9.10. The van der Waals surface area contributed by atoms with Crippen LogP contribution < -0.4 is 0 Å². The predicted octanol–water partition coefficient (Wildman–Crippen LogP) is 2.43. The van der Waals surface area contributed by atoms with E-state index in [0.717, 1.165) is 28.7 Å². The number of aromatic nitrogens is 2. The van der Waals surface area contributed by atoms with Gasteiger partial charge in [-0.1, -0.05) is 20.8 Å². The Hall–Kier alpha value is -1.21. The zero-order valence-electron chi connectivity index (χ0n) is 15.5. The number of likely N-dealkylation sites (tertiary alicyclic amines) is 1. The Morgan fingerprint density at radius 2 is 1.92 bits per heavy atom. The maximum Gasteiger partial charge on any atom is 0.235 e. The lowest BCUT2D eigenvalue weighted by Gasteiger charge is -2.48. The molecule has 2 fully saturated rings. The van der Waals surface area contributed by atoms with Crippen LogP contribution in [0.4, 0.5) is 0 Å². The van der Waals surface area contributed by atoms with Crippen LogP contribution in [-0.4, -0.2) is 44.3 Å². The molecule has 0 radical (unpaired) electrons. The summed E-state index contributed by atoms with van der Waals surface area (Å²) in [6.45, 7) is 10.1. The van der Waals surface area contributed by atoms with Crippen molar-refractivity contribution in [2.24, 2.45) is 16.7 Å². The lowest BCUT2D eigenvalue weighted by molar-refractivity contribution is -0.169. The molecule has 7 heteroatoms. The average Bonchev–Trinajstić information content (AvgIpc) is 2.88. The van der Waals surface area contributed by atoms with Crippen LogP contribution in [0.5, 0.6) is 0 Å². The number of hydrogen-bond donors (Lipinski definition) is 1. The van der Waals surface area contributed by atoms with E-state index in [2.05, 4.69) is 21.0 Å². The van der Waals surface area contributed by atoms with Gasteiger partial charge in [0.2, 0.25) is 11.8 Å². The number of piperidine rings is 1. The van der Waals surface area contributed by atoms with E-state index >= 15 is 0 Å². The molecule has 2 heterocycles. The van der Waals surface area contributed by atoms with Crippen LogP contribution in [-0.2, 0) is 16.1 Å². The first-order chi connectivity index (χ1) is 11.5. The molecule has 3 rings (SSSR count). The third kappa shape index (κ3) is 2.58. The summed E-state index contributed by atoms with van der Waals surface area (Å²) >= 11 is 3.47. The van der Waals surface area contributed by atoms with Gasteiger partial charge in [-0.05, 0) is 48.0 Å². The summed E-state index contributed by atoms with van der Waals surface area (Å²) < 4.78 is 2.63. The highest BCUT2D eigenvalue weighted by Crippen LogP contribution is 2.60. The van der Waals surface area contributed by atoms with Crippen LogP contribution in [0.2, 0.25) is 0 Å². The summed E-state index contributed by atoms with van der Waals surface area (Å²) in [5.41, 5.74) is 0.901. The topological polar surface area (TPSA) is 75.4 Å². The Morgan fingerprint density at radius 1 is 1.28 bits per heavy atom. The number of halogens is 1. The molecule has 1 N–H and O–H groups in total. The van der Waals surface area contributed by atoms with Crippen LogP contribution in [0.1, 0.15) is 45.0 Å². The predicted molar refractivity (Wildman–Crippen MR) is 96.7 cm³/mol. The number of imide groups is 1. The number of fused-ring (bicyclic) bond motifs is 2. The third-order valence-electron chi connectivity index (χ3n) is 6.58. The summed E-state index contributed by atoms with van der Waals surface area (Å²) in [7, 11) is 0. The molecule has 3 unspecified atom stereocenters. The zero-order valence-corrected chi connectivity index (χ0v) is 17.1. The van der Waals surface area contributed by atoms with Gasteiger partial charge in [0.15, 0.2) is 0 Å². The third-order valence-corrected chi connectivity index (χ3v) is 7.73. The monoisotopic (exact) mass is 411 g/mol. The van der Waals surface area contributed by atoms with Gasteiger partial charge in [-0.2, -0.15) is 5.10 Å². The molecule has 0 spiro atoms. The van der Waals surface area contributed by atoms with Crippen molar-refractivity contribution in [2.75, 3.05) is 6.54 Å². The first-order valence-corrected chi connectivity index (χ1v) is 9.53. The number of nitrogens with zero attached hydrogens (tertiary/aromatic N) is 3. The van der Waals surface area contributed by atoms with Gasteiger partial charge in [0.1, 0.15) is 0 Å². The number of hydrogen-bond acceptors (Lipinski definition) is 4. The van der Waals surface area contributed by atoms with E-state index < -0.39 is 11.5 Å². The molecule has 3 atom stereocenters. The van der Waals surface area contributed by atoms with Crippen molar-refractivity contribution < 1.29 is 14.7 Å². The van der Waals surface area contributed by atoms with Gasteiger partial charge in [0.05, 0.1) is 34.8 Å². The zero-order chi connectivity index (χ0) is 18.7. The molecule has 1 aliphatic carbocycles. The summed E-state index contributed by atoms with van der Waals surface area (Å²) in [6.07, 6.45) is 0.624. The van der Waals surface area contributed by atoms with Crippen molar-refractivity contribution in [2.45, 2.75) is 60.1 Å². The highest BCUT2D eigenvalue weighted by Gasteiger charge is 2.64. The minimum atomic E-state index is -0.845. The van der Waals surface area contributed by atoms with Gasteiger partial charge < -0.3 is 5.11 Å². The quantitative estimate of drug-likeness (QED) is 0.771. The summed E-state index contributed by atoms with van der Waals surface area (Å²) in [5, 5.41) is 14.9. The van der Waals surface area contributed by atoms with Crippen molar-refractivity contribution in [3.63, 3.8) is 0 Å². The standard InChI is InChI=1S/C18H26BrN3O3/c1-10-14(19)11(2)22(20-10)9-12(23)8-21-15(24)13-6-7-18(5,16(21)25)17(13,3)4/h12-13,23H,6-9H2,1-5H3. The van der Waals surface area contributed by atoms with Gasteiger partial charge in [-0.15, -0.1) is 0 Å². The van der Waals surface area contributed by atoms with Crippen molar-refractivity contribution in [1.82, 2.24) is 14.7 Å². The largest absolute Gasteiger partial charge is 0.389 e. The van der Waals surface area contributed by atoms with Crippen LogP contribution in [0.15, 0.2) is 4.47 Å². The Bertz CT molecular complexity index is 742. The first-order valence-electron chi connectivity index (χ1n) is 8.74. The lowest BCUT2D eigenvalue weighted by atomic mass is 9.62. The van der Waals surface area contributed by atoms with E-state index in [1.807, 2.05) is 34.6 Å². The average molecular weight is 412 g/mol. The highest BCUT2D eigenvalue weighted by atomic mass is 79.9. The van der Waals surface area contributed by atoms with E-state index in [0.29, 0.717) is 0 Å². The number of β-amino-alcohol motifs (C(OH)–C–C–N with tert-alkyl or cyclic N) is 1. The Kier molecular flexibility index (Phi) is 4.39. The van der Waals surface area contributed by atoms with E-state index in [9.17, 15) is 14.7 Å². The molecular formula is C18H26BrN3O3. The van der Waals surface area contributed by atoms with Crippen LogP contribution in [0.25, 0.3) is 0 Å². The molecule has 6 nitrogen and oxygen atoms in total. The van der Waals surface area contributed by atoms with Crippen molar-refractivity contribution in [3.8, 4) is 0 Å². The van der Waals surface area contributed by atoms with E-state index in [1.54, 1.807) is 4.68 Å². The maximum atomic E-state index is 13.0. The Morgan fingerprint density at radius 3 is 2.48 bits per heavy atom. The number of aliphatic hydroxyl groups is 1. The molecule has 2 aliphatic rings. The molecule has 1 saturated heterocycles. The number of aliphatic hydroxyl groups excluding tert-OH is 1. The van der Waals surface area contributed by atoms with Crippen molar-refractivity contribution >= 4 is 27.7 Å². The molecule has 1 aromatic heterocycles. The van der Waals surface area contributed by atoms with Crippen LogP contribution in [0.3, 0.4) is 0 Å². The molecule has 1 saturated carbocycles. The van der Waals surface area contributed by atoms with Gasteiger partial charge in [0.25, 0.3) is 0 Å². The minimum Gasteiger partial charge on any atom is -0.389 e. The Labute approximate surface area is 156 Å². The molecule has 1 aromatic rings. The molecule has 2 bridgehead atoms. The normalized spacial score (nSPS) is 29.4. The molecule has 2 amide bonds. The van der Waals surface area contributed by atoms with E-state index in [-0.39, 0.29) is 36.2 Å². The SMILES string of the molecule is Cc1nn(CC(O)CN2C(=O)C3CCC(C)(C2=O)C3(C)C)c(C)c1Br. The van der Waals surface area contributed by atoms with Crippen molar-refractivity contribution in [1.29, 1.82) is 0 Å². The smallest absolute Gasteiger partial charge is 0.235 e. The number of carbonyl (C=O) groups is 2. The van der Waals surface area contributed by atoms with Crippen LogP contribution >= 0.6 is 15.9 Å². The van der Waals surface area contributed by atoms with Gasteiger partial charge >= 0.3 is 0 Å². The summed E-state index contributed by atoms with van der Waals surface area (Å²) in [4.78, 5) is 27.1. The second kappa shape index (κ2) is 5.91. The lowest BCUT2D eigenvalue weighted by Crippen LogP contribution is -2.60.